The van der Waals surface area contributed by atoms with Gasteiger partial charge in [0.05, 0.1) is 0 Å². The number of alkyl halides is 9. The number of carbonyl (C=O) groups is 3. The molecule has 2 aliphatic rings. The van der Waals surface area contributed by atoms with E-state index in [-0.39, 0.29) is 36.4 Å². The summed E-state index contributed by atoms with van der Waals surface area (Å²) in [5, 5.41) is 3.01. The van der Waals surface area contributed by atoms with Gasteiger partial charge in [-0.15, -0.1) is 0 Å². The van der Waals surface area contributed by atoms with Gasteiger partial charge in [-0.3, -0.25) is 14.5 Å². The Hall–Kier alpha value is -5.08. The van der Waals surface area contributed by atoms with Gasteiger partial charge in [0.25, 0.3) is 0 Å². The molecule has 2 amide bonds. The third kappa shape index (κ3) is 8.07. The van der Waals surface area contributed by atoms with Crippen LogP contribution in [0, 0.1) is 5.92 Å². The molecule has 5 rings (SSSR count). The van der Waals surface area contributed by atoms with Crippen LogP contribution in [0.3, 0.4) is 0 Å². The number of likely N-dealkylation sites (tertiary alicyclic amines) is 1. The first-order valence-corrected chi connectivity index (χ1v) is 18.3. The van der Waals surface area contributed by atoms with Gasteiger partial charge in [-0.05, 0) is 60.9 Å². The van der Waals surface area contributed by atoms with E-state index >= 15 is 0 Å². The number of rotatable bonds is 14. The summed E-state index contributed by atoms with van der Waals surface area (Å²) >= 11 is 0. The fourth-order valence-electron chi connectivity index (χ4n) is 7.60. The number of aryl methyl sites for hydroxylation is 1. The molecule has 1 aliphatic carbocycles. The summed E-state index contributed by atoms with van der Waals surface area (Å²) in [4.78, 5) is 44.3. The van der Waals surface area contributed by atoms with Gasteiger partial charge in [0.15, 0.2) is 5.78 Å². The van der Waals surface area contributed by atoms with Crippen molar-refractivity contribution in [2.24, 2.45) is 5.92 Å². The van der Waals surface area contributed by atoms with E-state index in [1.807, 2.05) is 37.3 Å². The maximum atomic E-state index is 14.6. The predicted molar refractivity (Wildman–Crippen MR) is 194 cm³/mol. The van der Waals surface area contributed by atoms with Gasteiger partial charge in [0.1, 0.15) is 12.1 Å². The van der Waals surface area contributed by atoms with Crippen LogP contribution in [0.15, 0.2) is 102 Å². The van der Waals surface area contributed by atoms with Gasteiger partial charge in [-0.25, -0.2) is 4.79 Å². The summed E-state index contributed by atoms with van der Waals surface area (Å²) in [6.45, 7) is 5.10. The van der Waals surface area contributed by atoms with Gasteiger partial charge >= 0.3 is 30.0 Å². The number of allylic oxidation sites excluding steroid dienone is 2. The van der Waals surface area contributed by atoms with Crippen molar-refractivity contribution < 1.29 is 58.6 Å². The number of fused-ring (bicyclic) bond motifs is 1. The molecule has 2 unspecified atom stereocenters. The quantitative estimate of drug-likeness (QED) is 0.130. The summed E-state index contributed by atoms with van der Waals surface area (Å²) in [5.74, 6) is -20.9. The Bertz CT molecular complexity index is 2010. The number of hydrogen-bond acceptors (Lipinski definition) is 4. The smallest absolute Gasteiger partial charge is 0.445 e. The van der Waals surface area contributed by atoms with Crippen molar-refractivity contribution in [1.82, 2.24) is 10.2 Å². The van der Waals surface area contributed by atoms with Gasteiger partial charge in [-0.1, -0.05) is 104 Å². The fourth-order valence-corrected chi connectivity index (χ4v) is 7.60. The van der Waals surface area contributed by atoms with E-state index in [9.17, 15) is 53.9 Å². The number of ether oxygens (including phenoxy) is 1. The number of halogens is 9. The third-order valence-electron chi connectivity index (χ3n) is 10.4. The molecule has 3 aromatic carbocycles. The Morgan fingerprint density at radius 2 is 1.35 bits per heavy atom. The molecule has 1 aliphatic heterocycles. The summed E-state index contributed by atoms with van der Waals surface area (Å²) in [7, 11) is 0. The number of nitrogens with one attached hydrogen (secondary N) is 1. The second-order valence-electron chi connectivity index (χ2n) is 14.4. The highest BCUT2D eigenvalue weighted by Gasteiger charge is 2.81. The Kier molecular flexibility index (Phi) is 12.4. The van der Waals surface area contributed by atoms with E-state index < -0.39 is 66.8 Å². The number of nitrogens with zero attached hydrogens (tertiary/aromatic N) is 1. The molecular weight excluding hydrogens is 767 g/mol. The fraction of sp³-hybridized carbons (Fsp3) is 0.405. The summed E-state index contributed by atoms with van der Waals surface area (Å²) in [5.41, 5.74) is 2.27. The average molecular weight is 809 g/mol. The van der Waals surface area contributed by atoms with Gasteiger partial charge < -0.3 is 10.1 Å². The molecule has 0 saturated carbocycles. The van der Waals surface area contributed by atoms with Crippen LogP contribution >= 0.6 is 0 Å². The highest BCUT2D eigenvalue weighted by molar-refractivity contribution is 6.33. The lowest BCUT2D eigenvalue weighted by Crippen LogP contribution is -2.61. The first-order chi connectivity index (χ1) is 26.7. The van der Waals surface area contributed by atoms with E-state index in [0.29, 0.717) is 40.7 Å². The van der Waals surface area contributed by atoms with E-state index in [4.69, 9.17) is 4.74 Å². The maximum absolute atomic E-state index is 14.6. The Morgan fingerprint density at radius 1 is 0.789 bits per heavy atom. The predicted octanol–water partition coefficient (Wildman–Crippen LogP) is 9.93. The van der Waals surface area contributed by atoms with Crippen molar-refractivity contribution in [2.75, 3.05) is 13.1 Å². The van der Waals surface area contributed by atoms with Crippen LogP contribution in [-0.4, -0.2) is 65.3 Å². The Balaban J connectivity index is 1.40. The van der Waals surface area contributed by atoms with Crippen LogP contribution in [0.5, 0.6) is 0 Å². The minimum atomic E-state index is -6.97. The molecule has 6 nitrogen and oxygen atoms in total. The Labute approximate surface area is 323 Å². The summed E-state index contributed by atoms with van der Waals surface area (Å²) in [6, 6.07) is 23.2. The van der Waals surface area contributed by atoms with E-state index in [2.05, 4.69) is 5.32 Å². The molecule has 1 fully saturated rings. The lowest BCUT2D eigenvalue weighted by molar-refractivity contribution is -0.396. The molecule has 0 bridgehead atoms. The van der Waals surface area contributed by atoms with Crippen LogP contribution < -0.4 is 5.32 Å². The molecule has 1 saturated heterocycles. The third-order valence-corrected chi connectivity index (χ3v) is 10.4. The molecule has 0 radical (unpaired) electrons. The summed E-state index contributed by atoms with van der Waals surface area (Å²) < 4.78 is 126. The minimum absolute atomic E-state index is 0.0864. The van der Waals surface area contributed by atoms with Crippen molar-refractivity contribution in [2.45, 2.75) is 89.0 Å². The molecule has 57 heavy (non-hydrogen) atoms. The van der Waals surface area contributed by atoms with Crippen molar-refractivity contribution in [3.05, 3.63) is 124 Å². The zero-order valence-electron chi connectivity index (χ0n) is 31.3. The molecule has 0 aromatic heterocycles. The lowest BCUT2D eigenvalue weighted by Gasteiger charge is -2.40. The van der Waals surface area contributed by atoms with Crippen molar-refractivity contribution in [3.63, 3.8) is 0 Å². The summed E-state index contributed by atoms with van der Waals surface area (Å²) in [6.07, 6.45) is -9.70. The number of hydrogen-bond donors (Lipinski definition) is 1. The van der Waals surface area contributed by atoms with Gasteiger partial charge in [0, 0.05) is 36.6 Å². The largest absolute Gasteiger partial charge is 0.460 e. The average Bonchev–Trinajstić information content (AvgIpc) is 3.64. The SMILES string of the molecule is CCCC1(C(=O)NCCc2ccccc2)C2C(=C(c3ccccc3)C(=O)C2=C(C)C)CN1C(=O)OCc1ccc(CCC(F)(F)C(F)(F)C(F)(F)C(F)(F)F)cc1. The monoisotopic (exact) mass is 808 g/mol. The van der Waals surface area contributed by atoms with Crippen LogP contribution in [-0.2, 0) is 33.8 Å². The standard InChI is InChI=1S/C42H41F9N2O4/c1-4-21-38(36(55)52-23-20-27-11-7-5-8-12-27)34-31(33(30-13-9-6-10-14-30)35(54)32(34)26(2)3)24-53(38)37(56)57-25-29-17-15-28(16-18-29)19-22-39(43,44)40(45,46)41(47,48)42(49,50)51/h5-18,34H,4,19-25H2,1-3H3,(H,52,55). The number of carbonyl (C=O) groups excluding carboxylic acids is 3. The molecule has 3 aromatic rings. The molecule has 15 heteroatoms. The maximum Gasteiger partial charge on any atom is 0.460 e. The minimum Gasteiger partial charge on any atom is -0.445 e. The van der Waals surface area contributed by atoms with E-state index in [1.165, 1.54) is 17.0 Å². The second kappa shape index (κ2) is 16.4. The highest BCUT2D eigenvalue weighted by Crippen LogP contribution is 2.56. The molecule has 1 heterocycles. The zero-order chi connectivity index (χ0) is 42.0. The van der Waals surface area contributed by atoms with Crippen molar-refractivity contribution >= 4 is 23.4 Å². The second-order valence-corrected chi connectivity index (χ2v) is 14.4. The van der Waals surface area contributed by atoms with Crippen LogP contribution in [0.2, 0.25) is 0 Å². The molecule has 1 N–H and O–H groups in total. The molecule has 2 atom stereocenters. The first kappa shape index (κ1) is 43.1. The normalized spacial score (nSPS) is 18.9. The van der Waals surface area contributed by atoms with Crippen LogP contribution in [0.1, 0.15) is 62.3 Å². The van der Waals surface area contributed by atoms with Crippen molar-refractivity contribution in [3.8, 4) is 0 Å². The van der Waals surface area contributed by atoms with E-state index in [1.54, 1.807) is 44.2 Å². The number of Topliss-reactive ketones (excluding diaryl/α,β-unsaturated/α-hetero) is 1. The van der Waals surface area contributed by atoms with Gasteiger partial charge in [0.2, 0.25) is 5.91 Å². The molecule has 0 spiro atoms. The van der Waals surface area contributed by atoms with Crippen molar-refractivity contribution in [1.29, 1.82) is 0 Å². The van der Waals surface area contributed by atoms with E-state index in [0.717, 1.165) is 17.7 Å². The van der Waals surface area contributed by atoms with Crippen LogP contribution in [0.4, 0.5) is 44.3 Å². The first-order valence-electron chi connectivity index (χ1n) is 18.3. The zero-order valence-corrected chi connectivity index (χ0v) is 31.3. The Morgan fingerprint density at radius 3 is 1.91 bits per heavy atom. The number of benzene rings is 3. The number of ketones is 1. The number of amides is 2. The lowest BCUT2D eigenvalue weighted by atomic mass is 9.75. The molecular formula is C42H41F9N2O4. The highest BCUT2D eigenvalue weighted by atomic mass is 19.4. The van der Waals surface area contributed by atoms with Crippen LogP contribution in [0.25, 0.3) is 5.57 Å². The molecule has 306 valence electrons. The van der Waals surface area contributed by atoms with Gasteiger partial charge in [-0.2, -0.15) is 39.5 Å². The topological polar surface area (TPSA) is 75.7 Å².